The summed E-state index contributed by atoms with van der Waals surface area (Å²) in [5.74, 6) is 0.346. The fourth-order valence-corrected chi connectivity index (χ4v) is 3.26. The molecule has 1 atom stereocenters. The van der Waals surface area contributed by atoms with Gasteiger partial charge < -0.3 is 15.0 Å². The van der Waals surface area contributed by atoms with E-state index in [-0.39, 0.29) is 18.0 Å². The van der Waals surface area contributed by atoms with Crippen LogP contribution in [0.25, 0.3) is 0 Å². The van der Waals surface area contributed by atoms with E-state index in [9.17, 15) is 9.59 Å². The Morgan fingerprint density at radius 2 is 1.79 bits per heavy atom. The van der Waals surface area contributed by atoms with Crippen LogP contribution < -0.4 is 5.32 Å². The van der Waals surface area contributed by atoms with Gasteiger partial charge in [-0.25, -0.2) is 4.79 Å². The molecule has 1 unspecified atom stereocenters. The lowest BCUT2D eigenvalue weighted by Crippen LogP contribution is -2.40. The average molecular weight is 390 g/mol. The zero-order valence-corrected chi connectivity index (χ0v) is 17.7. The molecule has 0 bridgehead atoms. The smallest absolute Gasteiger partial charge is 0.409 e. The van der Waals surface area contributed by atoms with Gasteiger partial charge in [0, 0.05) is 26.2 Å². The van der Waals surface area contributed by atoms with Crippen LogP contribution in [-0.2, 0) is 16.0 Å². The summed E-state index contributed by atoms with van der Waals surface area (Å²) in [6, 6.07) is 8.36. The molecule has 2 amide bonds. The van der Waals surface area contributed by atoms with Crippen LogP contribution in [0, 0.1) is 5.92 Å². The third kappa shape index (κ3) is 7.15. The van der Waals surface area contributed by atoms with Gasteiger partial charge in [0.1, 0.15) is 0 Å². The molecule has 1 aliphatic rings. The van der Waals surface area contributed by atoms with Gasteiger partial charge in [-0.05, 0) is 36.8 Å². The highest BCUT2D eigenvalue weighted by molar-refractivity contribution is 5.78. The number of ether oxygens (including phenoxy) is 1. The number of hydrogen-bond donors (Lipinski definition) is 1. The van der Waals surface area contributed by atoms with Gasteiger partial charge in [0.15, 0.2) is 0 Å². The lowest BCUT2D eigenvalue weighted by Gasteiger charge is -2.22. The zero-order chi connectivity index (χ0) is 20.5. The fraction of sp³-hybridized carbons (Fsp3) is 0.636. The van der Waals surface area contributed by atoms with E-state index < -0.39 is 0 Å². The zero-order valence-electron chi connectivity index (χ0n) is 17.7. The van der Waals surface area contributed by atoms with Crippen molar-refractivity contribution in [1.29, 1.82) is 0 Å². The molecule has 156 valence electrons. The Morgan fingerprint density at radius 1 is 1.07 bits per heavy atom. The molecule has 28 heavy (non-hydrogen) atoms. The molecule has 0 aromatic heterocycles. The van der Waals surface area contributed by atoms with E-state index in [0.29, 0.717) is 38.7 Å². The predicted octanol–water partition coefficient (Wildman–Crippen LogP) is 3.23. The second kappa shape index (κ2) is 11.1. The number of carbonyl (C=O) groups is 2. The summed E-state index contributed by atoms with van der Waals surface area (Å²) in [4.78, 5) is 28.5. The summed E-state index contributed by atoms with van der Waals surface area (Å²) in [5, 5.41) is 3.08. The number of carbonyl (C=O) groups excluding carboxylic acids is 2. The molecule has 1 saturated heterocycles. The quantitative estimate of drug-likeness (QED) is 0.778. The Hall–Kier alpha value is -2.08. The molecule has 6 nitrogen and oxygen atoms in total. The van der Waals surface area contributed by atoms with Crippen LogP contribution in [0.15, 0.2) is 24.3 Å². The summed E-state index contributed by atoms with van der Waals surface area (Å²) in [6.07, 6.45) is 1.61. The van der Waals surface area contributed by atoms with E-state index in [2.05, 4.69) is 41.4 Å². The van der Waals surface area contributed by atoms with Crippen molar-refractivity contribution < 1.29 is 14.3 Å². The van der Waals surface area contributed by atoms with Crippen molar-refractivity contribution in [3.8, 4) is 0 Å². The van der Waals surface area contributed by atoms with Gasteiger partial charge in [-0.1, -0.05) is 45.0 Å². The van der Waals surface area contributed by atoms with Crippen LogP contribution in [-0.4, -0.2) is 61.1 Å². The van der Waals surface area contributed by atoms with Crippen molar-refractivity contribution >= 4 is 12.0 Å². The van der Waals surface area contributed by atoms with E-state index in [1.165, 1.54) is 5.56 Å². The molecule has 1 heterocycles. The topological polar surface area (TPSA) is 61.9 Å². The van der Waals surface area contributed by atoms with Gasteiger partial charge in [-0.15, -0.1) is 0 Å². The van der Waals surface area contributed by atoms with Gasteiger partial charge in [0.05, 0.1) is 19.2 Å². The van der Waals surface area contributed by atoms with Crippen LogP contribution in [0.4, 0.5) is 4.79 Å². The fourth-order valence-electron chi connectivity index (χ4n) is 3.26. The van der Waals surface area contributed by atoms with E-state index in [4.69, 9.17) is 4.74 Å². The Kier molecular flexibility index (Phi) is 8.77. The van der Waals surface area contributed by atoms with Crippen LogP contribution in [0.1, 0.15) is 51.3 Å². The molecule has 2 rings (SSSR count). The van der Waals surface area contributed by atoms with E-state index >= 15 is 0 Å². The summed E-state index contributed by atoms with van der Waals surface area (Å²) >= 11 is 0. The largest absolute Gasteiger partial charge is 0.449 e. The van der Waals surface area contributed by atoms with Crippen molar-refractivity contribution in [1.82, 2.24) is 15.1 Å². The third-order valence-electron chi connectivity index (χ3n) is 5.02. The summed E-state index contributed by atoms with van der Waals surface area (Å²) in [6.45, 7) is 11.7. The molecule has 1 aromatic carbocycles. The van der Waals surface area contributed by atoms with E-state index in [1.54, 1.807) is 4.90 Å². The second-order valence-corrected chi connectivity index (χ2v) is 7.97. The minimum absolute atomic E-state index is 0.0166. The molecular weight excluding hydrogens is 354 g/mol. The summed E-state index contributed by atoms with van der Waals surface area (Å²) in [5.41, 5.74) is 2.41. The van der Waals surface area contributed by atoms with Crippen molar-refractivity contribution in [3.63, 3.8) is 0 Å². The number of nitrogens with zero attached hydrogens (tertiary/aromatic N) is 2. The highest BCUT2D eigenvalue weighted by Crippen LogP contribution is 2.14. The first-order valence-corrected chi connectivity index (χ1v) is 10.4. The molecule has 0 spiro atoms. The average Bonchev–Trinajstić information content (AvgIpc) is 2.91. The van der Waals surface area contributed by atoms with Gasteiger partial charge >= 0.3 is 6.09 Å². The standard InChI is InChI=1S/C22H35N3O3/c1-5-19-7-9-20(10-8-19)18(4)23-21(26)15-24-11-6-12-25(14-13-24)22(27)28-16-17(2)3/h7-10,17-18H,5-6,11-16H2,1-4H3,(H,23,26). The Labute approximate surface area is 169 Å². The van der Waals surface area contributed by atoms with Crippen molar-refractivity contribution in [3.05, 3.63) is 35.4 Å². The third-order valence-corrected chi connectivity index (χ3v) is 5.02. The van der Waals surface area contributed by atoms with Crippen molar-refractivity contribution in [2.75, 3.05) is 39.3 Å². The van der Waals surface area contributed by atoms with Crippen molar-refractivity contribution in [2.45, 2.75) is 46.6 Å². The second-order valence-electron chi connectivity index (χ2n) is 7.97. The normalized spacial score (nSPS) is 16.5. The monoisotopic (exact) mass is 389 g/mol. The maximum absolute atomic E-state index is 12.5. The Morgan fingerprint density at radius 3 is 2.43 bits per heavy atom. The molecule has 0 saturated carbocycles. The Balaban J connectivity index is 1.78. The Bertz CT molecular complexity index is 630. The minimum atomic E-state index is -0.246. The number of rotatable bonds is 7. The SMILES string of the molecule is CCc1ccc(C(C)NC(=O)CN2CCCN(C(=O)OCC(C)C)CC2)cc1. The maximum Gasteiger partial charge on any atom is 0.409 e. The summed E-state index contributed by atoms with van der Waals surface area (Å²) < 4.78 is 5.32. The molecule has 1 aliphatic heterocycles. The van der Waals surface area contributed by atoms with Crippen LogP contribution in [0.2, 0.25) is 0 Å². The van der Waals surface area contributed by atoms with E-state index in [0.717, 1.165) is 24.9 Å². The summed E-state index contributed by atoms with van der Waals surface area (Å²) in [7, 11) is 0. The first-order chi connectivity index (χ1) is 13.4. The van der Waals surface area contributed by atoms with Crippen LogP contribution in [0.3, 0.4) is 0 Å². The lowest BCUT2D eigenvalue weighted by molar-refractivity contribution is -0.122. The first kappa shape index (κ1) is 22.2. The van der Waals surface area contributed by atoms with Gasteiger partial charge in [0.2, 0.25) is 5.91 Å². The first-order valence-electron chi connectivity index (χ1n) is 10.4. The van der Waals surface area contributed by atoms with E-state index in [1.807, 2.05) is 20.8 Å². The maximum atomic E-state index is 12.5. The van der Waals surface area contributed by atoms with Gasteiger partial charge in [-0.3, -0.25) is 9.69 Å². The number of benzene rings is 1. The molecular formula is C22H35N3O3. The molecule has 1 N–H and O–H groups in total. The van der Waals surface area contributed by atoms with Crippen LogP contribution >= 0.6 is 0 Å². The number of hydrogen-bond acceptors (Lipinski definition) is 4. The lowest BCUT2D eigenvalue weighted by atomic mass is 10.1. The highest BCUT2D eigenvalue weighted by atomic mass is 16.6. The van der Waals surface area contributed by atoms with Gasteiger partial charge in [0.25, 0.3) is 0 Å². The predicted molar refractivity (Wildman–Crippen MR) is 111 cm³/mol. The van der Waals surface area contributed by atoms with Crippen LogP contribution in [0.5, 0.6) is 0 Å². The highest BCUT2D eigenvalue weighted by Gasteiger charge is 2.22. The number of aryl methyl sites for hydroxylation is 1. The molecule has 0 aliphatic carbocycles. The molecule has 1 fully saturated rings. The molecule has 1 aromatic rings. The minimum Gasteiger partial charge on any atom is -0.449 e. The van der Waals surface area contributed by atoms with Crippen molar-refractivity contribution in [2.24, 2.45) is 5.92 Å². The number of amides is 2. The molecule has 0 radical (unpaired) electrons. The number of nitrogens with one attached hydrogen (secondary N) is 1. The van der Waals surface area contributed by atoms with Gasteiger partial charge in [-0.2, -0.15) is 0 Å². The molecule has 6 heteroatoms.